The van der Waals surface area contributed by atoms with Crippen molar-refractivity contribution in [2.24, 2.45) is 0 Å². The van der Waals surface area contributed by atoms with Crippen LogP contribution in [0.2, 0.25) is 0 Å². The third-order valence-electron chi connectivity index (χ3n) is 4.98. The highest BCUT2D eigenvalue weighted by atomic mass is 16.2. The van der Waals surface area contributed by atoms with Crippen LogP contribution in [-0.2, 0) is 16.0 Å². The molecule has 2 aromatic carbocycles. The fraction of sp³-hybridized carbons (Fsp3) is 0.300. The van der Waals surface area contributed by atoms with Crippen molar-refractivity contribution in [1.29, 1.82) is 0 Å². The second-order valence-electron chi connectivity index (χ2n) is 6.57. The maximum atomic E-state index is 13.3. The minimum atomic E-state index is -0.402. The molecule has 2 aromatic rings. The average Bonchev–Trinajstić information content (AvgIpc) is 2.60. The molecular weight excluding hydrogens is 300 g/mol. The lowest BCUT2D eigenvalue weighted by atomic mass is 9.88. The van der Waals surface area contributed by atoms with E-state index < -0.39 is 5.92 Å². The van der Waals surface area contributed by atoms with Gasteiger partial charge in [0.25, 0.3) is 0 Å². The minimum absolute atomic E-state index is 0.0348. The van der Waals surface area contributed by atoms with E-state index in [0.717, 1.165) is 41.9 Å². The standard InChI is InChI=1S/C20H20N2O2/c1-13-6-4-7-14-8-5-11-22(19(13)14)20(24)16-12-18(23)21-17-10-3-2-9-15(16)17/h2-4,6-7,9-10,16H,5,8,11-12H2,1H3,(H,21,23). The van der Waals surface area contributed by atoms with Gasteiger partial charge in [-0.2, -0.15) is 0 Å². The second-order valence-corrected chi connectivity index (χ2v) is 6.57. The molecule has 0 spiro atoms. The molecule has 2 aliphatic rings. The minimum Gasteiger partial charge on any atom is -0.326 e. The quantitative estimate of drug-likeness (QED) is 0.875. The highest BCUT2D eigenvalue weighted by Gasteiger charge is 2.35. The van der Waals surface area contributed by atoms with Gasteiger partial charge in [-0.1, -0.05) is 36.4 Å². The first kappa shape index (κ1) is 14.9. The topological polar surface area (TPSA) is 49.4 Å². The summed E-state index contributed by atoms with van der Waals surface area (Å²) < 4.78 is 0. The number of amides is 2. The van der Waals surface area contributed by atoms with Gasteiger partial charge in [0.2, 0.25) is 11.8 Å². The number of carbonyl (C=O) groups is 2. The Morgan fingerprint density at radius 3 is 2.88 bits per heavy atom. The highest BCUT2D eigenvalue weighted by Crippen LogP contribution is 2.37. The summed E-state index contributed by atoms with van der Waals surface area (Å²) in [7, 11) is 0. The number of carbonyl (C=O) groups excluding carboxylic acids is 2. The number of nitrogens with one attached hydrogen (secondary N) is 1. The largest absolute Gasteiger partial charge is 0.326 e. The zero-order valence-corrected chi connectivity index (χ0v) is 13.7. The molecule has 0 fully saturated rings. The Hall–Kier alpha value is -2.62. The lowest BCUT2D eigenvalue weighted by Gasteiger charge is -2.35. The molecule has 122 valence electrons. The Bertz CT molecular complexity index is 828. The first-order chi connectivity index (χ1) is 11.6. The molecule has 0 bridgehead atoms. The van der Waals surface area contributed by atoms with Crippen LogP contribution < -0.4 is 10.2 Å². The van der Waals surface area contributed by atoms with Gasteiger partial charge in [-0.15, -0.1) is 0 Å². The first-order valence-electron chi connectivity index (χ1n) is 8.44. The number of para-hydroxylation sites is 2. The van der Waals surface area contributed by atoms with Crippen molar-refractivity contribution in [2.45, 2.75) is 32.1 Å². The van der Waals surface area contributed by atoms with Crippen LogP contribution in [0.3, 0.4) is 0 Å². The van der Waals surface area contributed by atoms with Crippen molar-refractivity contribution >= 4 is 23.2 Å². The van der Waals surface area contributed by atoms with Gasteiger partial charge in [0.15, 0.2) is 0 Å². The number of hydrogen-bond donors (Lipinski definition) is 1. The van der Waals surface area contributed by atoms with Crippen molar-refractivity contribution in [3.05, 3.63) is 59.2 Å². The lowest BCUT2D eigenvalue weighted by molar-refractivity contribution is -0.124. The summed E-state index contributed by atoms with van der Waals surface area (Å²) in [4.78, 5) is 27.3. The number of hydrogen-bond acceptors (Lipinski definition) is 2. The van der Waals surface area contributed by atoms with Gasteiger partial charge in [0.1, 0.15) is 0 Å². The Balaban J connectivity index is 1.75. The van der Waals surface area contributed by atoms with Gasteiger partial charge in [-0.05, 0) is 42.5 Å². The van der Waals surface area contributed by atoms with Gasteiger partial charge in [0, 0.05) is 24.3 Å². The molecule has 0 saturated carbocycles. The second kappa shape index (κ2) is 5.78. The van der Waals surface area contributed by atoms with E-state index in [1.807, 2.05) is 48.2 Å². The predicted octanol–water partition coefficient (Wildman–Crippen LogP) is 3.40. The summed E-state index contributed by atoms with van der Waals surface area (Å²) in [6.45, 7) is 2.77. The Morgan fingerprint density at radius 2 is 2.00 bits per heavy atom. The summed E-state index contributed by atoms with van der Waals surface area (Å²) in [5, 5.41) is 2.87. The molecule has 1 N–H and O–H groups in total. The summed E-state index contributed by atoms with van der Waals surface area (Å²) in [6.07, 6.45) is 2.18. The van der Waals surface area contributed by atoms with E-state index in [4.69, 9.17) is 0 Å². The Labute approximate surface area is 141 Å². The Morgan fingerprint density at radius 1 is 1.17 bits per heavy atom. The van der Waals surface area contributed by atoms with Crippen molar-refractivity contribution in [3.63, 3.8) is 0 Å². The predicted molar refractivity (Wildman–Crippen MR) is 94.3 cm³/mol. The van der Waals surface area contributed by atoms with E-state index in [1.54, 1.807) is 0 Å². The summed E-state index contributed by atoms with van der Waals surface area (Å²) >= 11 is 0. The number of benzene rings is 2. The third kappa shape index (κ3) is 2.39. The molecule has 0 saturated heterocycles. The van der Waals surface area contributed by atoms with Crippen LogP contribution in [0.4, 0.5) is 11.4 Å². The third-order valence-corrected chi connectivity index (χ3v) is 4.98. The summed E-state index contributed by atoms with van der Waals surface area (Å²) in [6, 6.07) is 13.8. The van der Waals surface area contributed by atoms with Crippen LogP contribution in [0.1, 0.15) is 35.4 Å². The maximum Gasteiger partial charge on any atom is 0.235 e. The first-order valence-corrected chi connectivity index (χ1v) is 8.44. The molecule has 24 heavy (non-hydrogen) atoms. The smallest absolute Gasteiger partial charge is 0.235 e. The number of nitrogens with zero attached hydrogens (tertiary/aromatic N) is 1. The van der Waals surface area contributed by atoms with Crippen molar-refractivity contribution in [1.82, 2.24) is 0 Å². The highest BCUT2D eigenvalue weighted by molar-refractivity contribution is 6.06. The lowest BCUT2D eigenvalue weighted by Crippen LogP contribution is -2.41. The number of anilines is 2. The van der Waals surface area contributed by atoms with E-state index >= 15 is 0 Å². The van der Waals surface area contributed by atoms with Gasteiger partial charge in [-0.25, -0.2) is 0 Å². The molecule has 4 heteroatoms. The molecule has 0 radical (unpaired) electrons. The van der Waals surface area contributed by atoms with E-state index in [0.29, 0.717) is 0 Å². The fourth-order valence-electron chi connectivity index (χ4n) is 3.89. The number of aryl methyl sites for hydroxylation is 2. The molecular formula is C20H20N2O2. The fourth-order valence-corrected chi connectivity index (χ4v) is 3.89. The molecule has 1 unspecified atom stereocenters. The maximum absolute atomic E-state index is 13.3. The van der Waals surface area contributed by atoms with Crippen LogP contribution >= 0.6 is 0 Å². The van der Waals surface area contributed by atoms with Crippen LogP contribution in [0.15, 0.2) is 42.5 Å². The number of rotatable bonds is 1. The van der Waals surface area contributed by atoms with Crippen LogP contribution in [-0.4, -0.2) is 18.4 Å². The summed E-state index contributed by atoms with van der Waals surface area (Å²) in [5.74, 6) is -0.456. The molecule has 2 aliphatic heterocycles. The van der Waals surface area contributed by atoms with Crippen LogP contribution in [0.5, 0.6) is 0 Å². The van der Waals surface area contributed by atoms with Gasteiger partial charge in [0.05, 0.1) is 5.92 Å². The van der Waals surface area contributed by atoms with Gasteiger partial charge in [-0.3, -0.25) is 9.59 Å². The normalized spacial score (nSPS) is 19.3. The number of fused-ring (bicyclic) bond motifs is 2. The van der Waals surface area contributed by atoms with Gasteiger partial charge >= 0.3 is 0 Å². The molecule has 2 amide bonds. The van der Waals surface area contributed by atoms with E-state index in [1.165, 1.54) is 5.56 Å². The Kier molecular flexibility index (Phi) is 3.60. The van der Waals surface area contributed by atoms with E-state index in [-0.39, 0.29) is 18.2 Å². The van der Waals surface area contributed by atoms with Crippen molar-refractivity contribution < 1.29 is 9.59 Å². The zero-order valence-electron chi connectivity index (χ0n) is 13.7. The van der Waals surface area contributed by atoms with Gasteiger partial charge < -0.3 is 10.2 Å². The molecule has 2 heterocycles. The average molecular weight is 320 g/mol. The van der Waals surface area contributed by atoms with Crippen LogP contribution in [0, 0.1) is 6.92 Å². The van der Waals surface area contributed by atoms with E-state index in [2.05, 4.69) is 11.4 Å². The van der Waals surface area contributed by atoms with Crippen molar-refractivity contribution in [2.75, 3.05) is 16.8 Å². The van der Waals surface area contributed by atoms with Crippen molar-refractivity contribution in [3.8, 4) is 0 Å². The monoisotopic (exact) mass is 320 g/mol. The summed E-state index contributed by atoms with van der Waals surface area (Å²) in [5.41, 5.74) is 5.06. The molecule has 4 rings (SSSR count). The molecule has 4 nitrogen and oxygen atoms in total. The molecule has 1 atom stereocenters. The zero-order chi connectivity index (χ0) is 16.7. The SMILES string of the molecule is Cc1cccc2c1N(C(=O)C1CC(=O)Nc3ccccc31)CCC2. The van der Waals surface area contributed by atoms with E-state index in [9.17, 15) is 9.59 Å². The molecule has 0 aromatic heterocycles. The molecule has 0 aliphatic carbocycles. The van der Waals surface area contributed by atoms with Crippen LogP contribution in [0.25, 0.3) is 0 Å².